The van der Waals surface area contributed by atoms with Gasteiger partial charge in [-0.3, -0.25) is 0 Å². The molecule has 0 bridgehead atoms. The van der Waals surface area contributed by atoms with Gasteiger partial charge in [-0.2, -0.15) is 4.72 Å². The Bertz CT molecular complexity index is 1610. The first kappa shape index (κ1) is 26.3. The number of hydrogen-bond donors (Lipinski definition) is 1. The van der Waals surface area contributed by atoms with Gasteiger partial charge in [0.15, 0.2) is 0 Å². The Hall–Kier alpha value is -3.75. The van der Waals surface area contributed by atoms with Crippen LogP contribution in [0.5, 0.6) is 5.75 Å². The monoisotopic (exact) mass is 519 g/mol. The maximum atomic E-state index is 12.9. The van der Waals surface area contributed by atoms with E-state index >= 15 is 0 Å². The van der Waals surface area contributed by atoms with Gasteiger partial charge in [0, 0.05) is 22.9 Å². The van der Waals surface area contributed by atoms with E-state index in [4.69, 9.17) is 9.15 Å². The highest BCUT2D eigenvalue weighted by Gasteiger charge is 2.27. The summed E-state index contributed by atoms with van der Waals surface area (Å²) < 4.78 is 39.3. The molecular weight excluding hydrogens is 490 g/mol. The molecule has 1 heterocycles. The van der Waals surface area contributed by atoms with E-state index in [-0.39, 0.29) is 17.1 Å². The number of aryl methyl sites for hydroxylation is 3. The molecular formula is C29H29NO6S. The van der Waals surface area contributed by atoms with Crippen molar-refractivity contribution in [1.82, 2.24) is 4.72 Å². The van der Waals surface area contributed by atoms with Crippen molar-refractivity contribution in [3.8, 4) is 5.75 Å². The molecule has 0 spiro atoms. The van der Waals surface area contributed by atoms with Crippen molar-refractivity contribution in [2.75, 3.05) is 0 Å². The summed E-state index contributed by atoms with van der Waals surface area (Å²) >= 11 is 0. The molecule has 1 atom stereocenters. The van der Waals surface area contributed by atoms with Crippen LogP contribution in [0.25, 0.3) is 11.0 Å². The summed E-state index contributed by atoms with van der Waals surface area (Å²) in [7, 11) is -3.92. The Balaban J connectivity index is 1.59. The van der Waals surface area contributed by atoms with Crippen molar-refractivity contribution >= 4 is 27.0 Å². The Morgan fingerprint density at radius 2 is 1.62 bits per heavy atom. The highest BCUT2D eigenvalue weighted by molar-refractivity contribution is 7.89. The molecule has 0 aliphatic heterocycles. The minimum Gasteiger partial charge on any atom is -0.425 e. The summed E-state index contributed by atoms with van der Waals surface area (Å²) in [6.07, 6.45) is 0.633. The van der Waals surface area contributed by atoms with E-state index < -0.39 is 27.7 Å². The van der Waals surface area contributed by atoms with Gasteiger partial charge in [0.2, 0.25) is 10.0 Å². The van der Waals surface area contributed by atoms with Gasteiger partial charge in [0.1, 0.15) is 17.4 Å². The quantitative estimate of drug-likeness (QED) is 0.200. The minimum absolute atomic E-state index is 0.0646. The van der Waals surface area contributed by atoms with Crippen molar-refractivity contribution in [3.05, 3.63) is 105 Å². The highest BCUT2D eigenvalue weighted by Crippen LogP contribution is 2.30. The minimum atomic E-state index is -3.92. The van der Waals surface area contributed by atoms with E-state index in [2.05, 4.69) is 4.72 Å². The fourth-order valence-corrected chi connectivity index (χ4v) is 5.40. The van der Waals surface area contributed by atoms with Crippen LogP contribution < -0.4 is 15.1 Å². The van der Waals surface area contributed by atoms with Gasteiger partial charge in [0.25, 0.3) is 0 Å². The van der Waals surface area contributed by atoms with Crippen molar-refractivity contribution < 1.29 is 22.4 Å². The molecule has 192 valence electrons. The average Bonchev–Trinajstić information content (AvgIpc) is 2.88. The van der Waals surface area contributed by atoms with Crippen LogP contribution in [0.2, 0.25) is 0 Å². The fourth-order valence-electron chi connectivity index (χ4n) is 4.14. The molecule has 0 aliphatic carbocycles. The van der Waals surface area contributed by atoms with Gasteiger partial charge in [-0.1, -0.05) is 55.0 Å². The van der Waals surface area contributed by atoms with Gasteiger partial charge in [0.05, 0.1) is 4.90 Å². The number of fused-ring (bicyclic) bond motifs is 1. The van der Waals surface area contributed by atoms with E-state index in [0.717, 1.165) is 22.1 Å². The molecule has 1 aromatic heterocycles. The van der Waals surface area contributed by atoms with E-state index in [0.29, 0.717) is 23.1 Å². The van der Waals surface area contributed by atoms with E-state index in [1.165, 1.54) is 12.1 Å². The summed E-state index contributed by atoms with van der Waals surface area (Å²) in [4.78, 5) is 25.9. The van der Waals surface area contributed by atoms with Crippen molar-refractivity contribution in [3.63, 3.8) is 0 Å². The van der Waals surface area contributed by atoms with Crippen LogP contribution in [0.4, 0.5) is 0 Å². The zero-order valence-corrected chi connectivity index (χ0v) is 22.0. The number of carbonyl (C=O) groups is 1. The lowest BCUT2D eigenvalue weighted by Crippen LogP contribution is -2.42. The smallest absolute Gasteiger partial charge is 0.340 e. The molecule has 0 saturated carbocycles. The number of esters is 1. The van der Waals surface area contributed by atoms with E-state index in [1.54, 1.807) is 38.1 Å². The first-order valence-electron chi connectivity index (χ1n) is 12.0. The van der Waals surface area contributed by atoms with Crippen LogP contribution >= 0.6 is 0 Å². The van der Waals surface area contributed by atoms with Gasteiger partial charge < -0.3 is 9.15 Å². The third-order valence-corrected chi connectivity index (χ3v) is 7.90. The molecule has 0 unspecified atom stereocenters. The predicted molar refractivity (Wildman–Crippen MR) is 142 cm³/mol. The molecule has 0 fully saturated rings. The fraction of sp³-hybridized carbons (Fsp3) is 0.241. The van der Waals surface area contributed by atoms with Crippen molar-refractivity contribution in [1.29, 1.82) is 0 Å². The molecule has 0 radical (unpaired) electrons. The van der Waals surface area contributed by atoms with Crippen LogP contribution in [-0.4, -0.2) is 20.4 Å². The SMILES string of the molecule is CC[C@H](NS(=O)(=O)c1ccc(C)cc1)C(=O)Oc1ccc2c(C)c(Cc3ccccc3)c(=O)oc2c1C. The number of benzene rings is 3. The molecule has 7 nitrogen and oxygen atoms in total. The molecule has 1 N–H and O–H groups in total. The topological polar surface area (TPSA) is 103 Å². The van der Waals surface area contributed by atoms with Crippen LogP contribution in [-0.2, 0) is 21.2 Å². The summed E-state index contributed by atoms with van der Waals surface area (Å²) in [5, 5.41) is 0.745. The van der Waals surface area contributed by atoms with Crippen LogP contribution in [0.1, 0.15) is 41.2 Å². The molecule has 0 amide bonds. The highest BCUT2D eigenvalue weighted by atomic mass is 32.2. The predicted octanol–water partition coefficient (Wildman–Crippen LogP) is 4.97. The maximum absolute atomic E-state index is 12.9. The molecule has 4 aromatic rings. The third-order valence-electron chi connectivity index (χ3n) is 6.41. The number of carbonyl (C=O) groups excluding carboxylic acids is 1. The van der Waals surface area contributed by atoms with E-state index in [9.17, 15) is 18.0 Å². The molecule has 37 heavy (non-hydrogen) atoms. The lowest BCUT2D eigenvalue weighted by molar-refractivity contribution is -0.136. The van der Waals surface area contributed by atoms with Gasteiger partial charge in [-0.25, -0.2) is 18.0 Å². The second kappa shape index (κ2) is 10.7. The van der Waals surface area contributed by atoms with Crippen molar-refractivity contribution in [2.45, 2.75) is 51.5 Å². The number of ether oxygens (including phenoxy) is 1. The normalized spacial score (nSPS) is 12.4. The molecule has 4 rings (SSSR count). The number of nitrogens with one attached hydrogen (secondary N) is 1. The number of hydrogen-bond acceptors (Lipinski definition) is 6. The van der Waals surface area contributed by atoms with Gasteiger partial charge in [-0.15, -0.1) is 0 Å². The molecule has 8 heteroatoms. The summed E-state index contributed by atoms with van der Waals surface area (Å²) in [6.45, 7) is 7.11. The molecule has 3 aromatic carbocycles. The van der Waals surface area contributed by atoms with E-state index in [1.807, 2.05) is 44.2 Å². The average molecular weight is 520 g/mol. The van der Waals surface area contributed by atoms with Crippen LogP contribution in [0.15, 0.2) is 80.8 Å². The second-order valence-corrected chi connectivity index (χ2v) is 10.8. The largest absolute Gasteiger partial charge is 0.425 e. The number of rotatable bonds is 8. The van der Waals surface area contributed by atoms with Gasteiger partial charge >= 0.3 is 11.6 Å². The summed E-state index contributed by atoms with van der Waals surface area (Å²) in [5.74, 6) is -0.552. The Labute approximate surface area is 216 Å². The summed E-state index contributed by atoms with van der Waals surface area (Å²) in [6, 6.07) is 18.3. The zero-order valence-electron chi connectivity index (χ0n) is 21.2. The van der Waals surface area contributed by atoms with Crippen LogP contribution in [0.3, 0.4) is 0 Å². The molecule has 0 aliphatic rings. The molecule has 0 saturated heterocycles. The lowest BCUT2D eigenvalue weighted by Gasteiger charge is -2.17. The van der Waals surface area contributed by atoms with Crippen molar-refractivity contribution in [2.24, 2.45) is 0 Å². The zero-order chi connectivity index (χ0) is 26.7. The van der Waals surface area contributed by atoms with Crippen LogP contribution in [0, 0.1) is 20.8 Å². The number of sulfonamides is 1. The van der Waals surface area contributed by atoms with Gasteiger partial charge in [-0.05, 0) is 62.6 Å². The Morgan fingerprint density at radius 1 is 0.946 bits per heavy atom. The second-order valence-electron chi connectivity index (χ2n) is 9.04. The first-order valence-corrected chi connectivity index (χ1v) is 13.5. The maximum Gasteiger partial charge on any atom is 0.340 e. The lowest BCUT2D eigenvalue weighted by atomic mass is 9.98. The Kier molecular flexibility index (Phi) is 7.61. The first-order chi connectivity index (χ1) is 17.6. The third kappa shape index (κ3) is 5.65. The summed E-state index contributed by atoms with van der Waals surface area (Å²) in [5.41, 5.74) is 3.65. The standard InChI is InChI=1S/C29H29NO6S/c1-5-25(30-37(33,34)22-13-11-18(2)12-14-22)29(32)35-26-16-15-23-19(3)24(17-21-9-7-6-8-10-21)28(31)36-27(23)20(26)4/h6-16,25,30H,5,17H2,1-4H3/t25-/m0/s1. The Morgan fingerprint density at radius 3 is 2.27 bits per heavy atom.